The minimum Gasteiger partial charge on any atom is -0.458 e. The van der Waals surface area contributed by atoms with Gasteiger partial charge in [0.1, 0.15) is 6.10 Å². The number of fused-ring (bicyclic) bond motifs is 7. The van der Waals surface area contributed by atoms with Gasteiger partial charge in [-0.1, -0.05) is 57.5 Å². The van der Waals surface area contributed by atoms with Crippen molar-refractivity contribution in [3.05, 3.63) is 47.5 Å². The maximum atomic E-state index is 12.7. The van der Waals surface area contributed by atoms with E-state index >= 15 is 0 Å². The second-order valence-electron chi connectivity index (χ2n) is 14.4. The topological polar surface area (TPSA) is 44.8 Å². The van der Waals surface area contributed by atoms with Gasteiger partial charge in [-0.3, -0.25) is 0 Å². The molecule has 2 aliphatic heterocycles. The van der Waals surface area contributed by atoms with Crippen molar-refractivity contribution in [3.8, 4) is 0 Å². The Balaban J connectivity index is 1.08. The number of hydrogen-bond donors (Lipinski definition) is 0. The minimum absolute atomic E-state index is 0.00178. The lowest BCUT2D eigenvalue weighted by molar-refractivity contribution is -0.272. The van der Waals surface area contributed by atoms with E-state index in [0.29, 0.717) is 34.8 Å². The van der Waals surface area contributed by atoms with Crippen LogP contribution in [-0.4, -0.2) is 30.6 Å². The first-order valence-corrected chi connectivity index (χ1v) is 15.5. The van der Waals surface area contributed by atoms with Gasteiger partial charge in [0.05, 0.1) is 18.3 Å². The van der Waals surface area contributed by atoms with Gasteiger partial charge in [0.15, 0.2) is 5.79 Å². The molecule has 4 nitrogen and oxygen atoms in total. The number of benzene rings is 1. The molecule has 2 heterocycles. The third-order valence-electron chi connectivity index (χ3n) is 12.6. The molecule has 1 spiro atoms. The predicted octanol–water partition coefficient (Wildman–Crippen LogP) is 7.58. The highest BCUT2D eigenvalue weighted by Crippen LogP contribution is 2.70. The summed E-state index contributed by atoms with van der Waals surface area (Å²) in [5.74, 6) is 3.46. The first-order chi connectivity index (χ1) is 18.2. The van der Waals surface area contributed by atoms with Crippen molar-refractivity contribution in [3.63, 3.8) is 0 Å². The second-order valence-corrected chi connectivity index (χ2v) is 14.4. The maximum absolute atomic E-state index is 12.7. The molecule has 7 rings (SSSR count). The van der Waals surface area contributed by atoms with Gasteiger partial charge in [-0.15, -0.1) is 0 Å². The van der Waals surface area contributed by atoms with Gasteiger partial charge >= 0.3 is 5.97 Å². The summed E-state index contributed by atoms with van der Waals surface area (Å²) in [6.07, 6.45) is 13.3. The van der Waals surface area contributed by atoms with Gasteiger partial charge in [-0.2, -0.15) is 0 Å². The van der Waals surface area contributed by atoms with Crippen LogP contribution in [0.15, 0.2) is 42.0 Å². The van der Waals surface area contributed by atoms with Crippen LogP contribution in [0.3, 0.4) is 0 Å². The summed E-state index contributed by atoms with van der Waals surface area (Å²) >= 11 is 0. The first-order valence-electron chi connectivity index (χ1n) is 15.5. The molecule has 0 amide bonds. The second kappa shape index (κ2) is 8.93. The van der Waals surface area contributed by atoms with Crippen LogP contribution < -0.4 is 0 Å². The van der Waals surface area contributed by atoms with E-state index in [1.54, 1.807) is 5.57 Å². The molecule has 1 aromatic rings. The SMILES string of the molecule is C[C@@H]1CC[C@]2(OC1)O[C@@H]1C[C@@H]3[C@H]4CC=C5C[C@@H](OC(=O)c6ccccc6)CC[C@]5(C)[C@H]4CC[C@]3(C)[C@@H]1[C@@H]2C. The van der Waals surface area contributed by atoms with Gasteiger partial charge in [0.2, 0.25) is 0 Å². The Kier molecular flexibility index (Phi) is 5.95. The zero-order valence-corrected chi connectivity index (χ0v) is 23.8. The smallest absolute Gasteiger partial charge is 0.338 e. The van der Waals surface area contributed by atoms with Crippen molar-refractivity contribution in [1.29, 1.82) is 0 Å². The fraction of sp³-hybridized carbons (Fsp3) is 0.735. The highest BCUT2D eigenvalue weighted by molar-refractivity contribution is 5.89. The summed E-state index contributed by atoms with van der Waals surface area (Å²) in [5.41, 5.74) is 2.81. The summed E-state index contributed by atoms with van der Waals surface area (Å²) in [6.45, 7) is 10.7. The van der Waals surface area contributed by atoms with E-state index in [0.717, 1.165) is 50.0 Å². The van der Waals surface area contributed by atoms with E-state index in [-0.39, 0.29) is 23.3 Å². The summed E-state index contributed by atoms with van der Waals surface area (Å²) in [4.78, 5) is 12.7. The molecule has 1 aromatic carbocycles. The average molecular weight is 519 g/mol. The molecule has 0 bridgehead atoms. The van der Waals surface area contributed by atoms with Gasteiger partial charge in [0.25, 0.3) is 0 Å². The molecule has 0 N–H and O–H groups in total. The highest BCUT2D eigenvalue weighted by atomic mass is 16.7. The summed E-state index contributed by atoms with van der Waals surface area (Å²) in [6, 6.07) is 9.45. The summed E-state index contributed by atoms with van der Waals surface area (Å²) in [7, 11) is 0. The van der Waals surface area contributed by atoms with Crippen molar-refractivity contribution in [2.75, 3.05) is 6.61 Å². The van der Waals surface area contributed by atoms with Crippen LogP contribution in [0.2, 0.25) is 0 Å². The Morgan fingerprint density at radius 3 is 2.58 bits per heavy atom. The number of carbonyl (C=O) groups excluding carboxylic acids is 1. The van der Waals surface area contributed by atoms with Crippen LogP contribution in [0.1, 0.15) is 95.8 Å². The van der Waals surface area contributed by atoms with E-state index < -0.39 is 0 Å². The molecule has 4 heteroatoms. The molecule has 6 aliphatic rings. The monoisotopic (exact) mass is 518 g/mol. The Labute approximate surface area is 228 Å². The normalized spacial score (nSPS) is 49.4. The predicted molar refractivity (Wildman–Crippen MR) is 147 cm³/mol. The van der Waals surface area contributed by atoms with Gasteiger partial charge in [-0.05, 0) is 97.5 Å². The Hall–Kier alpha value is -1.65. The largest absolute Gasteiger partial charge is 0.458 e. The van der Waals surface area contributed by atoms with Gasteiger partial charge in [0, 0.05) is 18.8 Å². The number of esters is 1. The van der Waals surface area contributed by atoms with E-state index in [4.69, 9.17) is 14.2 Å². The van der Waals surface area contributed by atoms with E-state index in [9.17, 15) is 4.79 Å². The molecule has 5 fully saturated rings. The van der Waals surface area contributed by atoms with Crippen molar-refractivity contribution < 1.29 is 19.0 Å². The molecule has 11 atom stereocenters. The van der Waals surface area contributed by atoms with Crippen molar-refractivity contribution >= 4 is 5.97 Å². The van der Waals surface area contributed by atoms with Gasteiger partial charge < -0.3 is 14.2 Å². The molecule has 3 saturated carbocycles. The molecule has 206 valence electrons. The molecule has 38 heavy (non-hydrogen) atoms. The molecule has 0 radical (unpaired) electrons. The summed E-state index contributed by atoms with van der Waals surface area (Å²) in [5, 5.41) is 0. The lowest BCUT2D eigenvalue weighted by Crippen LogP contribution is -2.52. The Morgan fingerprint density at radius 1 is 1.00 bits per heavy atom. The lowest BCUT2D eigenvalue weighted by atomic mass is 9.47. The van der Waals surface area contributed by atoms with Crippen molar-refractivity contribution in [1.82, 2.24) is 0 Å². The zero-order valence-electron chi connectivity index (χ0n) is 23.8. The van der Waals surface area contributed by atoms with Crippen LogP contribution in [0.5, 0.6) is 0 Å². The maximum Gasteiger partial charge on any atom is 0.338 e. The first kappa shape index (κ1) is 25.3. The average Bonchev–Trinajstić information content (AvgIpc) is 3.36. The molecule has 4 aliphatic carbocycles. The fourth-order valence-electron chi connectivity index (χ4n) is 10.5. The van der Waals surface area contributed by atoms with Crippen molar-refractivity contribution in [2.24, 2.45) is 46.3 Å². The van der Waals surface area contributed by atoms with Crippen LogP contribution in [0.25, 0.3) is 0 Å². The zero-order chi connectivity index (χ0) is 26.3. The van der Waals surface area contributed by atoms with Crippen LogP contribution in [0, 0.1) is 46.3 Å². The summed E-state index contributed by atoms with van der Waals surface area (Å²) < 4.78 is 19.5. The highest BCUT2D eigenvalue weighted by Gasteiger charge is 2.68. The lowest BCUT2D eigenvalue weighted by Gasteiger charge is -2.58. The quantitative estimate of drug-likeness (QED) is 0.299. The third-order valence-corrected chi connectivity index (χ3v) is 12.6. The fourth-order valence-corrected chi connectivity index (χ4v) is 10.5. The molecule has 0 aromatic heterocycles. The Morgan fingerprint density at radius 2 is 1.82 bits per heavy atom. The minimum atomic E-state index is -0.326. The third kappa shape index (κ3) is 3.65. The number of allylic oxidation sites excluding steroid dienone is 1. The standard InChI is InChI=1S/C34H46O4/c1-21-12-17-34(36-20-21)22(2)30-29(38-34)19-28-26-11-10-24-18-25(37-31(35)23-8-6-5-7-9-23)13-15-32(24,3)27(26)14-16-33(28,30)4/h5-10,21-22,25-30H,11-20H2,1-4H3/t21-,22+,25+,26+,27+,28-,29-,30-,32+,33+,34+/m1/s1. The van der Waals surface area contributed by atoms with Gasteiger partial charge in [-0.25, -0.2) is 4.79 Å². The van der Waals surface area contributed by atoms with E-state index in [1.165, 1.54) is 32.1 Å². The van der Waals surface area contributed by atoms with E-state index in [2.05, 4.69) is 33.8 Å². The molecule has 2 saturated heterocycles. The number of rotatable bonds is 2. The number of ether oxygens (including phenoxy) is 3. The van der Waals surface area contributed by atoms with Crippen LogP contribution >= 0.6 is 0 Å². The number of carbonyl (C=O) groups is 1. The molecular formula is C34H46O4. The molecule has 0 unspecified atom stereocenters. The van der Waals surface area contributed by atoms with Crippen LogP contribution in [0.4, 0.5) is 0 Å². The Bertz CT molecular complexity index is 1100. The van der Waals surface area contributed by atoms with E-state index in [1.807, 2.05) is 30.3 Å². The van der Waals surface area contributed by atoms with Crippen LogP contribution in [-0.2, 0) is 14.2 Å². The molecular weight excluding hydrogens is 472 g/mol. The van der Waals surface area contributed by atoms with Crippen molar-refractivity contribution in [2.45, 2.75) is 103 Å². The number of hydrogen-bond acceptors (Lipinski definition) is 4.